The minimum Gasteiger partial charge on any atom is -0.357 e. The number of nitrogens with one attached hydrogen (secondary N) is 1. The third-order valence-electron chi connectivity index (χ3n) is 2.42. The Labute approximate surface area is 119 Å². The summed E-state index contributed by atoms with van der Waals surface area (Å²) in [6.07, 6.45) is 0. The Morgan fingerprint density at radius 1 is 1.21 bits per heavy atom. The van der Waals surface area contributed by atoms with Gasteiger partial charge in [-0.25, -0.2) is 4.39 Å². The molecule has 0 bridgehead atoms. The van der Waals surface area contributed by atoms with Crippen molar-refractivity contribution in [1.29, 1.82) is 0 Å². The van der Waals surface area contributed by atoms with E-state index < -0.39 is 0 Å². The van der Waals surface area contributed by atoms with Gasteiger partial charge < -0.3 is 10.2 Å². The summed E-state index contributed by atoms with van der Waals surface area (Å²) in [5.41, 5.74) is 0.330. The van der Waals surface area contributed by atoms with Crippen LogP contribution in [0.4, 0.5) is 16.3 Å². The summed E-state index contributed by atoms with van der Waals surface area (Å²) in [7, 11) is 5.33. The molecule has 1 N–H and O–H groups in total. The van der Waals surface area contributed by atoms with Crippen LogP contribution in [0.3, 0.4) is 0 Å². The minimum atomic E-state index is -0.374. The van der Waals surface area contributed by atoms with Gasteiger partial charge in [-0.2, -0.15) is 15.0 Å². The third-order valence-corrected chi connectivity index (χ3v) is 2.91. The van der Waals surface area contributed by atoms with Crippen LogP contribution in [0.1, 0.15) is 0 Å². The Balaban J connectivity index is 2.60. The summed E-state index contributed by atoms with van der Waals surface area (Å²) >= 11 is 3.31. The molecule has 0 aliphatic heterocycles. The van der Waals surface area contributed by atoms with Gasteiger partial charge in [0.2, 0.25) is 11.9 Å². The molecule has 5 nitrogen and oxygen atoms in total. The van der Waals surface area contributed by atoms with Crippen molar-refractivity contribution >= 4 is 27.8 Å². The number of nitrogens with zero attached hydrogens (tertiary/aromatic N) is 4. The van der Waals surface area contributed by atoms with E-state index in [4.69, 9.17) is 0 Å². The fourth-order valence-corrected chi connectivity index (χ4v) is 1.83. The highest BCUT2D eigenvalue weighted by Crippen LogP contribution is 2.25. The summed E-state index contributed by atoms with van der Waals surface area (Å²) in [5.74, 6) is 0.782. The van der Waals surface area contributed by atoms with Crippen molar-refractivity contribution in [3.63, 3.8) is 0 Å². The maximum Gasteiger partial charge on any atom is 0.230 e. The summed E-state index contributed by atoms with van der Waals surface area (Å²) in [4.78, 5) is 14.4. The van der Waals surface area contributed by atoms with Crippen LogP contribution in [0, 0.1) is 5.82 Å². The van der Waals surface area contributed by atoms with E-state index in [1.165, 1.54) is 6.07 Å². The summed E-state index contributed by atoms with van der Waals surface area (Å²) in [5, 5.41) is 2.84. The molecule has 0 fully saturated rings. The number of aromatic nitrogens is 3. The molecule has 0 saturated carbocycles. The van der Waals surface area contributed by atoms with Gasteiger partial charge >= 0.3 is 0 Å². The van der Waals surface area contributed by atoms with E-state index >= 15 is 0 Å². The molecule has 0 spiro atoms. The third kappa shape index (κ3) is 2.98. The summed E-state index contributed by atoms with van der Waals surface area (Å²) in [6.45, 7) is 0. The number of hydrogen-bond donors (Lipinski definition) is 1. The van der Waals surface area contributed by atoms with Crippen LogP contribution in [-0.4, -0.2) is 36.1 Å². The molecule has 1 aromatic heterocycles. The standard InChI is InChI=1S/C12H13BrFN5/c1-15-11-16-10(17-12(18-11)19(2)3)8-6-7(13)4-5-9(8)14/h4-6H,1-3H3,(H,15,16,17,18). The molecule has 0 radical (unpaired) electrons. The van der Waals surface area contributed by atoms with Gasteiger partial charge in [-0.3, -0.25) is 0 Å². The molecule has 100 valence electrons. The fourth-order valence-electron chi connectivity index (χ4n) is 1.47. The highest BCUT2D eigenvalue weighted by atomic mass is 79.9. The zero-order valence-electron chi connectivity index (χ0n) is 10.8. The van der Waals surface area contributed by atoms with Crippen molar-refractivity contribution in [2.75, 3.05) is 31.4 Å². The van der Waals surface area contributed by atoms with Crippen LogP contribution >= 0.6 is 15.9 Å². The van der Waals surface area contributed by atoms with E-state index in [0.717, 1.165) is 4.47 Å². The molecule has 19 heavy (non-hydrogen) atoms. The van der Waals surface area contributed by atoms with Gasteiger partial charge in [-0.05, 0) is 18.2 Å². The maximum atomic E-state index is 13.9. The molecular weight excluding hydrogens is 313 g/mol. The second kappa shape index (κ2) is 5.48. The highest BCUT2D eigenvalue weighted by Gasteiger charge is 2.13. The van der Waals surface area contributed by atoms with Gasteiger partial charge in [-0.15, -0.1) is 0 Å². The Hall–Kier alpha value is -1.76. The topological polar surface area (TPSA) is 53.9 Å². The molecular formula is C12H13BrFN5. The molecule has 0 aliphatic rings. The molecule has 1 heterocycles. The first-order chi connectivity index (χ1) is 9.01. The number of rotatable bonds is 3. The van der Waals surface area contributed by atoms with Crippen molar-refractivity contribution in [2.45, 2.75) is 0 Å². The Morgan fingerprint density at radius 2 is 1.95 bits per heavy atom. The van der Waals surface area contributed by atoms with Crippen LogP contribution in [-0.2, 0) is 0 Å². The lowest BCUT2D eigenvalue weighted by atomic mass is 10.2. The summed E-state index contributed by atoms with van der Waals surface area (Å²) in [6, 6.07) is 4.65. The Kier molecular flexibility index (Phi) is 3.94. The number of benzene rings is 1. The predicted molar refractivity (Wildman–Crippen MR) is 76.8 cm³/mol. The van der Waals surface area contributed by atoms with Gasteiger partial charge in [-0.1, -0.05) is 15.9 Å². The largest absolute Gasteiger partial charge is 0.357 e. The van der Waals surface area contributed by atoms with Gasteiger partial charge in [0, 0.05) is 25.6 Å². The minimum absolute atomic E-state index is 0.293. The Bertz CT molecular complexity index is 603. The first-order valence-corrected chi connectivity index (χ1v) is 6.37. The quantitative estimate of drug-likeness (QED) is 0.939. The van der Waals surface area contributed by atoms with Crippen LogP contribution in [0.15, 0.2) is 22.7 Å². The van der Waals surface area contributed by atoms with Crippen molar-refractivity contribution in [3.05, 3.63) is 28.5 Å². The van der Waals surface area contributed by atoms with Crippen LogP contribution < -0.4 is 10.2 Å². The fraction of sp³-hybridized carbons (Fsp3) is 0.250. The first-order valence-electron chi connectivity index (χ1n) is 5.58. The van der Waals surface area contributed by atoms with Crippen LogP contribution in [0.5, 0.6) is 0 Å². The van der Waals surface area contributed by atoms with E-state index in [1.54, 1.807) is 24.1 Å². The van der Waals surface area contributed by atoms with Crippen molar-refractivity contribution < 1.29 is 4.39 Å². The number of anilines is 2. The lowest BCUT2D eigenvalue weighted by Crippen LogP contribution is -2.15. The summed E-state index contributed by atoms with van der Waals surface area (Å²) < 4.78 is 14.6. The molecule has 0 amide bonds. The van der Waals surface area contributed by atoms with E-state index in [1.807, 2.05) is 14.1 Å². The van der Waals surface area contributed by atoms with Crippen molar-refractivity contribution in [3.8, 4) is 11.4 Å². The lowest BCUT2D eigenvalue weighted by molar-refractivity contribution is 0.629. The second-order valence-corrected chi connectivity index (χ2v) is 4.97. The second-order valence-electron chi connectivity index (χ2n) is 4.05. The Morgan fingerprint density at radius 3 is 2.58 bits per heavy atom. The van der Waals surface area contributed by atoms with Crippen molar-refractivity contribution in [1.82, 2.24) is 15.0 Å². The van der Waals surface area contributed by atoms with Gasteiger partial charge in [0.25, 0.3) is 0 Å². The molecule has 0 saturated heterocycles. The molecule has 2 aromatic rings. The van der Waals surface area contributed by atoms with E-state index in [2.05, 4.69) is 36.2 Å². The SMILES string of the molecule is CNc1nc(-c2cc(Br)ccc2F)nc(N(C)C)n1. The normalized spacial score (nSPS) is 10.4. The van der Waals surface area contributed by atoms with Gasteiger partial charge in [0.05, 0.1) is 5.56 Å². The number of hydrogen-bond acceptors (Lipinski definition) is 5. The van der Waals surface area contributed by atoms with Crippen LogP contribution in [0.2, 0.25) is 0 Å². The average molecular weight is 326 g/mol. The number of halogens is 2. The first kappa shape index (κ1) is 13.7. The van der Waals surface area contributed by atoms with Gasteiger partial charge in [0.1, 0.15) is 5.82 Å². The molecule has 7 heteroatoms. The maximum absolute atomic E-state index is 13.9. The zero-order valence-corrected chi connectivity index (χ0v) is 12.4. The molecule has 0 unspecified atom stereocenters. The van der Waals surface area contributed by atoms with Crippen LogP contribution in [0.25, 0.3) is 11.4 Å². The molecule has 0 aliphatic carbocycles. The van der Waals surface area contributed by atoms with Gasteiger partial charge in [0.15, 0.2) is 5.82 Å². The molecule has 1 aromatic carbocycles. The molecule has 2 rings (SSSR count). The van der Waals surface area contributed by atoms with E-state index in [0.29, 0.717) is 23.3 Å². The smallest absolute Gasteiger partial charge is 0.230 e. The lowest BCUT2D eigenvalue weighted by Gasteiger charge is -2.13. The zero-order chi connectivity index (χ0) is 14.0. The highest BCUT2D eigenvalue weighted by molar-refractivity contribution is 9.10. The predicted octanol–water partition coefficient (Wildman–Crippen LogP) is 2.55. The van der Waals surface area contributed by atoms with E-state index in [-0.39, 0.29) is 5.82 Å². The monoisotopic (exact) mass is 325 g/mol. The molecule has 0 atom stereocenters. The van der Waals surface area contributed by atoms with Crippen molar-refractivity contribution in [2.24, 2.45) is 0 Å². The van der Waals surface area contributed by atoms with E-state index in [9.17, 15) is 4.39 Å². The average Bonchev–Trinajstić information content (AvgIpc) is 2.40.